The maximum atomic E-state index is 14.5. The molecule has 188 valence electrons. The van der Waals surface area contributed by atoms with Crippen LogP contribution in [0.1, 0.15) is 36.0 Å². The highest BCUT2D eigenvalue weighted by Gasteiger charge is 2.60. The maximum absolute atomic E-state index is 14.5. The molecule has 0 fully saturated rings. The van der Waals surface area contributed by atoms with Crippen molar-refractivity contribution in [3.63, 3.8) is 0 Å². The summed E-state index contributed by atoms with van der Waals surface area (Å²) in [6, 6.07) is 8.94. The van der Waals surface area contributed by atoms with Crippen molar-refractivity contribution >= 4 is 17.2 Å². The Morgan fingerprint density at radius 1 is 1.09 bits per heavy atom. The zero-order chi connectivity index (χ0) is 26.0. The highest BCUT2D eigenvalue weighted by atomic mass is 19.4. The van der Waals surface area contributed by atoms with E-state index in [1.807, 2.05) is 5.32 Å². The van der Waals surface area contributed by atoms with Gasteiger partial charge in [-0.15, -0.1) is 0 Å². The molecule has 1 atom stereocenters. The molecule has 6 nitrogen and oxygen atoms in total. The van der Waals surface area contributed by atoms with Crippen molar-refractivity contribution in [3.8, 4) is 5.75 Å². The number of benzene rings is 2. The highest BCUT2D eigenvalue weighted by Crippen LogP contribution is 2.50. The van der Waals surface area contributed by atoms with E-state index in [2.05, 4.69) is 0 Å². The quantitative estimate of drug-likeness (QED) is 0.218. The van der Waals surface area contributed by atoms with Crippen LogP contribution in [-0.4, -0.2) is 29.8 Å². The van der Waals surface area contributed by atoms with Crippen molar-refractivity contribution in [2.45, 2.75) is 44.1 Å². The molecule has 1 aliphatic heterocycles. The van der Waals surface area contributed by atoms with Crippen molar-refractivity contribution in [2.24, 2.45) is 0 Å². The number of amides is 1. The van der Waals surface area contributed by atoms with E-state index in [0.29, 0.717) is 11.6 Å². The lowest BCUT2D eigenvalue weighted by molar-refractivity contribution is -0.387. The minimum atomic E-state index is -5.13. The lowest BCUT2D eigenvalue weighted by atomic mass is 9.78. The summed E-state index contributed by atoms with van der Waals surface area (Å²) in [5.74, 6) is -1.35. The Balaban J connectivity index is 2.01. The van der Waals surface area contributed by atoms with Crippen molar-refractivity contribution in [3.05, 3.63) is 75.3 Å². The molecule has 1 aliphatic rings. The second-order valence-electron chi connectivity index (χ2n) is 8.11. The molecule has 12 heteroatoms. The molecule has 0 aromatic heterocycles. The number of alkyl halides is 6. The molecule has 2 aromatic carbocycles. The van der Waals surface area contributed by atoms with Crippen LogP contribution in [0.15, 0.2) is 48.5 Å². The van der Waals surface area contributed by atoms with Crippen LogP contribution in [0.5, 0.6) is 5.75 Å². The number of nitrogens with zero attached hydrogens (tertiary/aromatic N) is 1. The summed E-state index contributed by atoms with van der Waals surface area (Å²) >= 11 is 0. The Morgan fingerprint density at radius 2 is 1.74 bits per heavy atom. The predicted molar refractivity (Wildman–Crippen MR) is 114 cm³/mol. The average Bonchev–Trinajstić information content (AvgIpc) is 2.75. The molecule has 35 heavy (non-hydrogen) atoms. The lowest BCUT2D eigenvalue weighted by Gasteiger charge is -2.39. The Hall–Kier alpha value is -3.57. The highest BCUT2D eigenvalue weighted by molar-refractivity contribution is 5.98. The summed E-state index contributed by atoms with van der Waals surface area (Å²) in [5, 5.41) is 13.6. The molecular formula is C23H20F6N2O4. The molecule has 1 unspecified atom stereocenters. The Morgan fingerprint density at radius 3 is 2.31 bits per heavy atom. The number of carbonyl (C=O) groups excluding carboxylic acids is 1. The van der Waals surface area contributed by atoms with Gasteiger partial charge in [0.1, 0.15) is 5.75 Å². The van der Waals surface area contributed by atoms with Crippen LogP contribution in [0, 0.1) is 17.0 Å². The third kappa shape index (κ3) is 5.92. The van der Waals surface area contributed by atoms with Gasteiger partial charge in [-0.25, -0.2) is 0 Å². The van der Waals surface area contributed by atoms with Gasteiger partial charge in [0, 0.05) is 18.9 Å². The minimum Gasteiger partial charge on any atom is -0.493 e. The minimum absolute atomic E-state index is 0.0350. The lowest BCUT2D eigenvalue weighted by Crippen LogP contribution is -2.57. The Bertz CT molecular complexity index is 1140. The van der Waals surface area contributed by atoms with E-state index in [1.54, 1.807) is 31.2 Å². The maximum Gasteiger partial charge on any atom is 0.416 e. The SMILES string of the molecule is Cc1ccc(C2=CC(=O)NC(c3ccc(OCCCC(F)(F)F)cc3[N+](=O)[O-])(C(F)(F)F)C2)cc1. The number of nitro groups is 1. The van der Waals surface area contributed by atoms with Crippen LogP contribution in [0.2, 0.25) is 0 Å². The molecule has 1 N–H and O–H groups in total. The Kier molecular flexibility index (Phi) is 7.13. The smallest absolute Gasteiger partial charge is 0.416 e. The molecule has 1 amide bonds. The zero-order valence-corrected chi connectivity index (χ0v) is 18.3. The number of nitrogens with one attached hydrogen (secondary N) is 1. The monoisotopic (exact) mass is 502 g/mol. The number of rotatable bonds is 7. The molecule has 3 rings (SSSR count). The molecule has 0 saturated carbocycles. The van der Waals surface area contributed by atoms with Crippen LogP contribution in [0.25, 0.3) is 5.57 Å². The molecule has 1 heterocycles. The van der Waals surface area contributed by atoms with Crippen molar-refractivity contribution in [2.75, 3.05) is 6.61 Å². The van der Waals surface area contributed by atoms with E-state index >= 15 is 0 Å². The zero-order valence-electron chi connectivity index (χ0n) is 18.3. The number of halogens is 6. The van der Waals surface area contributed by atoms with Gasteiger partial charge < -0.3 is 10.1 Å². The summed E-state index contributed by atoms with van der Waals surface area (Å²) in [6.45, 7) is 1.33. The van der Waals surface area contributed by atoms with E-state index in [0.717, 1.165) is 23.8 Å². The van der Waals surface area contributed by atoms with Gasteiger partial charge in [-0.3, -0.25) is 14.9 Å². The van der Waals surface area contributed by atoms with Crippen LogP contribution in [0.4, 0.5) is 32.0 Å². The fourth-order valence-corrected chi connectivity index (χ4v) is 3.80. The summed E-state index contributed by atoms with van der Waals surface area (Å²) < 4.78 is 85.5. The fraction of sp³-hybridized carbons (Fsp3) is 0.348. The molecule has 0 aliphatic carbocycles. The summed E-state index contributed by atoms with van der Waals surface area (Å²) in [7, 11) is 0. The van der Waals surface area contributed by atoms with Crippen molar-refractivity contribution in [1.82, 2.24) is 5.32 Å². The third-order valence-corrected chi connectivity index (χ3v) is 5.50. The number of hydrogen-bond donors (Lipinski definition) is 1. The van der Waals surface area contributed by atoms with Crippen LogP contribution in [0.3, 0.4) is 0 Å². The molecule has 0 saturated heterocycles. The first-order valence-electron chi connectivity index (χ1n) is 10.4. The Labute approximate surface area is 195 Å². The molecule has 2 aromatic rings. The predicted octanol–water partition coefficient (Wildman–Crippen LogP) is 5.99. The van der Waals surface area contributed by atoms with E-state index in [1.165, 1.54) is 0 Å². The number of carbonyl (C=O) groups is 1. The normalized spacial score (nSPS) is 18.6. The van der Waals surface area contributed by atoms with E-state index in [9.17, 15) is 41.3 Å². The number of aryl methyl sites for hydroxylation is 1. The van der Waals surface area contributed by atoms with Gasteiger partial charge in [-0.05, 0) is 36.6 Å². The number of hydrogen-bond acceptors (Lipinski definition) is 4. The van der Waals surface area contributed by atoms with Gasteiger partial charge in [0.05, 0.1) is 23.2 Å². The van der Waals surface area contributed by atoms with Gasteiger partial charge in [0.15, 0.2) is 5.54 Å². The average molecular weight is 502 g/mol. The molecule has 0 radical (unpaired) electrons. The van der Waals surface area contributed by atoms with Gasteiger partial charge >= 0.3 is 12.4 Å². The van der Waals surface area contributed by atoms with Crippen LogP contribution in [-0.2, 0) is 10.3 Å². The number of ether oxygens (including phenoxy) is 1. The molecule has 0 bridgehead atoms. The van der Waals surface area contributed by atoms with Gasteiger partial charge in [-0.1, -0.05) is 29.8 Å². The first kappa shape index (κ1) is 26.0. The van der Waals surface area contributed by atoms with Gasteiger partial charge in [0.25, 0.3) is 5.69 Å². The summed E-state index contributed by atoms with van der Waals surface area (Å²) in [5.41, 5.74) is -3.68. The van der Waals surface area contributed by atoms with Crippen molar-refractivity contribution in [1.29, 1.82) is 0 Å². The largest absolute Gasteiger partial charge is 0.493 e. The van der Waals surface area contributed by atoms with Crippen LogP contribution < -0.4 is 10.1 Å². The van der Waals surface area contributed by atoms with Crippen LogP contribution >= 0.6 is 0 Å². The van der Waals surface area contributed by atoms with E-state index in [-0.39, 0.29) is 11.3 Å². The van der Waals surface area contributed by atoms with E-state index in [4.69, 9.17) is 4.74 Å². The first-order valence-corrected chi connectivity index (χ1v) is 10.4. The topological polar surface area (TPSA) is 81.5 Å². The first-order chi connectivity index (χ1) is 16.2. The molecule has 0 spiro atoms. The third-order valence-electron chi connectivity index (χ3n) is 5.50. The second kappa shape index (κ2) is 9.59. The number of nitro benzene ring substituents is 1. The van der Waals surface area contributed by atoms with Crippen molar-refractivity contribution < 1.29 is 40.8 Å². The summed E-state index contributed by atoms with van der Waals surface area (Å²) in [6.07, 6.45) is -10.9. The van der Waals surface area contributed by atoms with E-state index < -0.39 is 65.8 Å². The second-order valence-corrected chi connectivity index (χ2v) is 8.11. The van der Waals surface area contributed by atoms with Gasteiger partial charge in [0.2, 0.25) is 5.91 Å². The summed E-state index contributed by atoms with van der Waals surface area (Å²) in [4.78, 5) is 23.0. The fourth-order valence-electron chi connectivity index (χ4n) is 3.80. The molecular weight excluding hydrogens is 482 g/mol. The standard InChI is InChI=1S/C23H20F6N2O4/c1-14-3-5-15(6-4-14)16-11-20(32)30-21(13-16,23(27,28)29)18-8-7-17(12-19(18)31(33)34)35-10-2-9-22(24,25)26/h3-8,11-12H,2,9-10,13H2,1H3,(H,30,32). The van der Waals surface area contributed by atoms with Gasteiger partial charge in [-0.2, -0.15) is 26.3 Å².